The first-order valence-electron chi connectivity index (χ1n) is 7.57. The Morgan fingerprint density at radius 3 is 2.12 bits per heavy atom. The van der Waals surface area contributed by atoms with Gasteiger partial charge in [0.2, 0.25) is 11.7 Å². The molecular formula is C18H18N4O2. The number of aryl methyl sites for hydroxylation is 3. The molecule has 0 aliphatic carbocycles. The van der Waals surface area contributed by atoms with Gasteiger partial charge in [0.05, 0.1) is 0 Å². The van der Waals surface area contributed by atoms with Crippen LogP contribution < -0.4 is 10.6 Å². The van der Waals surface area contributed by atoms with Crippen LogP contribution in [0, 0.1) is 20.8 Å². The van der Waals surface area contributed by atoms with Crippen molar-refractivity contribution in [2.45, 2.75) is 20.8 Å². The smallest absolute Gasteiger partial charge is 0.323 e. The normalized spacial score (nSPS) is 10.5. The van der Waals surface area contributed by atoms with E-state index in [0.717, 1.165) is 22.4 Å². The van der Waals surface area contributed by atoms with Gasteiger partial charge in [-0.25, -0.2) is 4.79 Å². The zero-order valence-corrected chi connectivity index (χ0v) is 13.8. The predicted octanol–water partition coefficient (Wildman–Crippen LogP) is 4.31. The summed E-state index contributed by atoms with van der Waals surface area (Å²) in [6, 6.07) is 12.9. The van der Waals surface area contributed by atoms with Crippen LogP contribution in [-0.2, 0) is 0 Å². The number of carbonyl (C=O) groups excluding carboxylic acids is 1. The summed E-state index contributed by atoms with van der Waals surface area (Å²) >= 11 is 0. The summed E-state index contributed by atoms with van der Waals surface area (Å²) in [5, 5.41) is 9.49. The molecule has 24 heavy (non-hydrogen) atoms. The van der Waals surface area contributed by atoms with Crippen molar-refractivity contribution in [3.8, 4) is 11.4 Å². The first-order chi connectivity index (χ1) is 11.5. The highest BCUT2D eigenvalue weighted by Crippen LogP contribution is 2.19. The summed E-state index contributed by atoms with van der Waals surface area (Å²) in [5.74, 6) is 1.04. The zero-order valence-electron chi connectivity index (χ0n) is 13.8. The second-order valence-electron chi connectivity index (χ2n) is 5.67. The van der Waals surface area contributed by atoms with E-state index in [0.29, 0.717) is 17.4 Å². The molecule has 0 radical (unpaired) electrons. The second kappa shape index (κ2) is 6.54. The largest absolute Gasteiger partial charge is 0.339 e. The fourth-order valence-corrected chi connectivity index (χ4v) is 2.46. The van der Waals surface area contributed by atoms with E-state index in [-0.39, 0.29) is 6.03 Å². The number of amides is 2. The summed E-state index contributed by atoms with van der Waals surface area (Å²) in [4.78, 5) is 16.3. The summed E-state index contributed by atoms with van der Waals surface area (Å²) < 4.78 is 4.96. The lowest BCUT2D eigenvalue weighted by Gasteiger charge is -2.09. The van der Waals surface area contributed by atoms with Gasteiger partial charge in [-0.2, -0.15) is 4.98 Å². The first-order valence-corrected chi connectivity index (χ1v) is 7.57. The molecule has 1 heterocycles. The molecule has 0 saturated heterocycles. The molecule has 0 spiro atoms. The molecule has 3 rings (SSSR count). The van der Waals surface area contributed by atoms with E-state index in [1.807, 2.05) is 38.1 Å². The summed E-state index contributed by atoms with van der Waals surface area (Å²) in [6.07, 6.45) is 0. The van der Waals surface area contributed by atoms with Crippen molar-refractivity contribution >= 4 is 17.4 Å². The topological polar surface area (TPSA) is 80.0 Å². The molecule has 3 aromatic rings. The molecular weight excluding hydrogens is 304 g/mol. The Labute approximate surface area is 139 Å². The highest BCUT2D eigenvalue weighted by atomic mass is 16.5. The molecule has 0 saturated carbocycles. The fourth-order valence-electron chi connectivity index (χ4n) is 2.46. The minimum atomic E-state index is -0.289. The van der Waals surface area contributed by atoms with Gasteiger partial charge in [-0.3, -0.25) is 0 Å². The third-order valence-electron chi connectivity index (χ3n) is 3.41. The Balaban J connectivity index is 1.66. The number of hydrogen-bond donors (Lipinski definition) is 2. The van der Waals surface area contributed by atoms with Crippen LogP contribution in [0.1, 0.15) is 17.0 Å². The Morgan fingerprint density at radius 2 is 1.54 bits per heavy atom. The molecule has 6 heteroatoms. The third kappa shape index (κ3) is 3.78. The van der Waals surface area contributed by atoms with Gasteiger partial charge in [0.15, 0.2) is 0 Å². The number of anilines is 2. The Morgan fingerprint density at radius 1 is 0.917 bits per heavy atom. The highest BCUT2D eigenvalue weighted by molar-refractivity contribution is 5.99. The summed E-state index contributed by atoms with van der Waals surface area (Å²) in [7, 11) is 0. The zero-order chi connectivity index (χ0) is 17.1. The van der Waals surface area contributed by atoms with E-state index < -0.39 is 0 Å². The van der Waals surface area contributed by atoms with Gasteiger partial charge in [0.1, 0.15) is 0 Å². The van der Waals surface area contributed by atoms with Crippen LogP contribution in [0.15, 0.2) is 47.0 Å². The lowest BCUT2D eigenvalue weighted by atomic mass is 10.1. The maximum absolute atomic E-state index is 12.1. The molecule has 6 nitrogen and oxygen atoms in total. The SMILES string of the molecule is Cc1cc(C)cc(NC(=O)Nc2ccc(-c3noc(C)n3)cc2)c1. The van der Waals surface area contributed by atoms with Crippen molar-refractivity contribution in [1.82, 2.24) is 10.1 Å². The summed E-state index contributed by atoms with van der Waals surface area (Å²) in [5.41, 5.74) is 4.48. The molecule has 0 aliphatic heterocycles. The lowest BCUT2D eigenvalue weighted by Crippen LogP contribution is -2.19. The summed E-state index contributed by atoms with van der Waals surface area (Å²) in [6.45, 7) is 5.73. The van der Waals surface area contributed by atoms with Gasteiger partial charge in [-0.1, -0.05) is 11.2 Å². The molecule has 2 amide bonds. The Kier molecular flexibility index (Phi) is 4.29. The van der Waals surface area contributed by atoms with Crippen molar-refractivity contribution in [3.05, 3.63) is 59.5 Å². The standard InChI is InChI=1S/C18H18N4O2/c1-11-8-12(2)10-16(9-11)21-18(23)20-15-6-4-14(5-7-15)17-19-13(3)24-22-17/h4-10H,1-3H3,(H2,20,21,23). The van der Waals surface area contributed by atoms with Gasteiger partial charge in [0.25, 0.3) is 0 Å². The van der Waals surface area contributed by atoms with Crippen LogP contribution in [0.25, 0.3) is 11.4 Å². The van der Waals surface area contributed by atoms with E-state index >= 15 is 0 Å². The van der Waals surface area contributed by atoms with E-state index in [2.05, 4.69) is 26.8 Å². The maximum Gasteiger partial charge on any atom is 0.323 e. The molecule has 0 unspecified atom stereocenters. The average molecular weight is 322 g/mol. The minimum absolute atomic E-state index is 0.289. The van der Waals surface area contributed by atoms with E-state index in [1.54, 1.807) is 19.1 Å². The lowest BCUT2D eigenvalue weighted by molar-refractivity contribution is 0.262. The molecule has 0 aliphatic rings. The maximum atomic E-state index is 12.1. The number of nitrogens with zero attached hydrogens (tertiary/aromatic N) is 2. The fraction of sp³-hybridized carbons (Fsp3) is 0.167. The van der Waals surface area contributed by atoms with Gasteiger partial charge in [-0.05, 0) is 61.4 Å². The second-order valence-corrected chi connectivity index (χ2v) is 5.67. The molecule has 2 N–H and O–H groups in total. The van der Waals surface area contributed by atoms with Crippen LogP contribution in [0.2, 0.25) is 0 Å². The number of benzene rings is 2. The number of hydrogen-bond acceptors (Lipinski definition) is 4. The quantitative estimate of drug-likeness (QED) is 0.753. The van der Waals surface area contributed by atoms with E-state index in [4.69, 9.17) is 4.52 Å². The number of nitrogens with one attached hydrogen (secondary N) is 2. The Bertz CT molecular complexity index is 849. The molecule has 0 atom stereocenters. The van der Waals surface area contributed by atoms with Crippen LogP contribution in [0.5, 0.6) is 0 Å². The molecule has 1 aromatic heterocycles. The van der Waals surface area contributed by atoms with E-state index in [9.17, 15) is 4.79 Å². The van der Waals surface area contributed by atoms with E-state index in [1.165, 1.54) is 0 Å². The van der Waals surface area contributed by atoms with Crippen molar-refractivity contribution < 1.29 is 9.32 Å². The van der Waals surface area contributed by atoms with Crippen molar-refractivity contribution in [3.63, 3.8) is 0 Å². The van der Waals surface area contributed by atoms with Crippen LogP contribution in [-0.4, -0.2) is 16.2 Å². The van der Waals surface area contributed by atoms with Gasteiger partial charge in [0, 0.05) is 23.9 Å². The van der Waals surface area contributed by atoms with Gasteiger partial charge >= 0.3 is 6.03 Å². The monoisotopic (exact) mass is 322 g/mol. The van der Waals surface area contributed by atoms with Crippen LogP contribution in [0.4, 0.5) is 16.2 Å². The third-order valence-corrected chi connectivity index (χ3v) is 3.41. The van der Waals surface area contributed by atoms with Crippen molar-refractivity contribution in [2.24, 2.45) is 0 Å². The number of rotatable bonds is 3. The van der Waals surface area contributed by atoms with Crippen molar-refractivity contribution in [2.75, 3.05) is 10.6 Å². The molecule has 0 fully saturated rings. The average Bonchev–Trinajstić information content (AvgIpc) is 2.93. The van der Waals surface area contributed by atoms with Crippen LogP contribution in [0.3, 0.4) is 0 Å². The first kappa shape index (κ1) is 15.7. The van der Waals surface area contributed by atoms with Crippen LogP contribution >= 0.6 is 0 Å². The number of urea groups is 1. The molecule has 122 valence electrons. The van der Waals surface area contributed by atoms with Gasteiger partial charge < -0.3 is 15.2 Å². The predicted molar refractivity (Wildman–Crippen MR) is 93.0 cm³/mol. The molecule has 0 bridgehead atoms. The number of aromatic nitrogens is 2. The minimum Gasteiger partial charge on any atom is -0.339 e. The molecule has 2 aromatic carbocycles. The van der Waals surface area contributed by atoms with Crippen molar-refractivity contribution in [1.29, 1.82) is 0 Å². The van der Waals surface area contributed by atoms with Gasteiger partial charge in [-0.15, -0.1) is 0 Å². The highest BCUT2D eigenvalue weighted by Gasteiger charge is 2.07. The number of carbonyl (C=O) groups is 1. The Hall–Kier alpha value is -3.15.